The molecular formula is C13H16O4. The second kappa shape index (κ2) is 4.99. The van der Waals surface area contributed by atoms with E-state index in [-0.39, 0.29) is 11.3 Å². The van der Waals surface area contributed by atoms with Crippen LogP contribution in [0.25, 0.3) is 0 Å². The molecule has 0 aromatic heterocycles. The zero-order chi connectivity index (χ0) is 13.1. The zero-order valence-corrected chi connectivity index (χ0v) is 10.4. The standard InChI is InChI=1S/C13H16O4/c1-13(2,3)12(15)17-10-8-6-5-7-9(10)11(14)16-4/h5-8H,1-4H3. The fourth-order valence-electron chi connectivity index (χ4n) is 1.09. The maximum Gasteiger partial charge on any atom is 0.341 e. The van der Waals surface area contributed by atoms with Crippen LogP contribution in [-0.2, 0) is 9.53 Å². The number of methoxy groups -OCH3 is 1. The molecule has 0 fully saturated rings. The highest BCUT2D eigenvalue weighted by atomic mass is 16.5. The highest BCUT2D eigenvalue weighted by Gasteiger charge is 2.25. The molecule has 0 aliphatic rings. The largest absolute Gasteiger partial charge is 0.465 e. The third kappa shape index (κ3) is 3.31. The second-order valence-electron chi connectivity index (χ2n) is 4.63. The molecule has 0 radical (unpaired) electrons. The second-order valence-corrected chi connectivity index (χ2v) is 4.63. The molecule has 0 saturated carbocycles. The van der Waals surface area contributed by atoms with Gasteiger partial charge < -0.3 is 9.47 Å². The maximum absolute atomic E-state index is 11.7. The molecule has 4 nitrogen and oxygen atoms in total. The fraction of sp³-hybridized carbons (Fsp3) is 0.385. The maximum atomic E-state index is 11.7. The van der Waals surface area contributed by atoms with Gasteiger partial charge in [-0.2, -0.15) is 0 Å². The van der Waals surface area contributed by atoms with E-state index in [9.17, 15) is 9.59 Å². The lowest BCUT2D eigenvalue weighted by molar-refractivity contribution is -0.143. The molecule has 0 atom stereocenters. The van der Waals surface area contributed by atoms with E-state index in [0.717, 1.165) is 0 Å². The average Bonchev–Trinajstić information content (AvgIpc) is 2.27. The summed E-state index contributed by atoms with van der Waals surface area (Å²) >= 11 is 0. The van der Waals surface area contributed by atoms with Crippen LogP contribution in [0.4, 0.5) is 0 Å². The molecule has 0 spiro atoms. The Hall–Kier alpha value is -1.84. The summed E-state index contributed by atoms with van der Waals surface area (Å²) in [7, 11) is 1.28. The van der Waals surface area contributed by atoms with E-state index in [2.05, 4.69) is 4.74 Å². The molecule has 92 valence electrons. The molecule has 0 heterocycles. The van der Waals surface area contributed by atoms with E-state index in [1.807, 2.05) is 0 Å². The van der Waals surface area contributed by atoms with E-state index in [1.54, 1.807) is 45.0 Å². The minimum atomic E-state index is -0.622. The van der Waals surface area contributed by atoms with Crippen molar-refractivity contribution in [2.45, 2.75) is 20.8 Å². The molecule has 0 saturated heterocycles. The Bertz CT molecular complexity index is 429. The summed E-state index contributed by atoms with van der Waals surface area (Å²) in [5.41, 5.74) is -0.379. The van der Waals surface area contributed by atoms with Crippen molar-refractivity contribution >= 4 is 11.9 Å². The number of carbonyl (C=O) groups excluding carboxylic acids is 2. The summed E-state index contributed by atoms with van der Waals surface area (Å²) in [6, 6.07) is 6.49. The molecule has 4 heteroatoms. The van der Waals surface area contributed by atoms with E-state index < -0.39 is 17.4 Å². The van der Waals surface area contributed by atoms with Gasteiger partial charge in [-0.15, -0.1) is 0 Å². The van der Waals surface area contributed by atoms with Crippen LogP contribution < -0.4 is 4.74 Å². The Morgan fingerprint density at radius 2 is 1.71 bits per heavy atom. The minimum absolute atomic E-state index is 0.222. The fourth-order valence-corrected chi connectivity index (χ4v) is 1.09. The van der Waals surface area contributed by atoms with Gasteiger partial charge in [-0.05, 0) is 32.9 Å². The summed E-state index contributed by atoms with van der Waals surface area (Å²) < 4.78 is 9.81. The van der Waals surface area contributed by atoms with Gasteiger partial charge in [0.15, 0.2) is 0 Å². The van der Waals surface area contributed by atoms with E-state index in [4.69, 9.17) is 4.74 Å². The summed E-state index contributed by atoms with van der Waals surface area (Å²) in [6.07, 6.45) is 0. The van der Waals surface area contributed by atoms with Crippen LogP contribution in [0.3, 0.4) is 0 Å². The van der Waals surface area contributed by atoms with Crippen molar-refractivity contribution in [3.05, 3.63) is 29.8 Å². The molecule has 1 rings (SSSR count). The first kappa shape index (κ1) is 13.2. The molecular weight excluding hydrogens is 220 g/mol. The molecule has 0 amide bonds. The number of rotatable bonds is 2. The summed E-state index contributed by atoms with van der Waals surface area (Å²) in [6.45, 7) is 5.24. The lowest BCUT2D eigenvalue weighted by Crippen LogP contribution is -2.26. The van der Waals surface area contributed by atoms with Gasteiger partial charge >= 0.3 is 11.9 Å². The molecule has 0 unspecified atom stereocenters. The normalized spacial score (nSPS) is 10.8. The van der Waals surface area contributed by atoms with Gasteiger partial charge in [0.05, 0.1) is 12.5 Å². The number of carbonyl (C=O) groups is 2. The third-order valence-electron chi connectivity index (χ3n) is 2.11. The Balaban J connectivity index is 2.99. The number of para-hydroxylation sites is 1. The Morgan fingerprint density at radius 1 is 1.12 bits per heavy atom. The molecule has 17 heavy (non-hydrogen) atoms. The van der Waals surface area contributed by atoms with Crippen molar-refractivity contribution in [3.63, 3.8) is 0 Å². The first-order valence-corrected chi connectivity index (χ1v) is 5.26. The quantitative estimate of drug-likeness (QED) is 0.584. The van der Waals surface area contributed by atoms with Gasteiger partial charge in [0, 0.05) is 0 Å². The summed E-state index contributed by atoms with van der Waals surface area (Å²) in [4.78, 5) is 23.2. The number of esters is 2. The third-order valence-corrected chi connectivity index (χ3v) is 2.11. The van der Waals surface area contributed by atoms with Crippen LogP contribution in [0.15, 0.2) is 24.3 Å². The van der Waals surface area contributed by atoms with Gasteiger partial charge in [0.1, 0.15) is 11.3 Å². The minimum Gasteiger partial charge on any atom is -0.465 e. The highest BCUT2D eigenvalue weighted by molar-refractivity contribution is 5.93. The average molecular weight is 236 g/mol. The molecule has 0 N–H and O–H groups in total. The summed E-state index contributed by atoms with van der Waals surface area (Å²) in [5.74, 6) is -0.699. The van der Waals surface area contributed by atoms with E-state index >= 15 is 0 Å². The predicted molar refractivity (Wildman–Crippen MR) is 62.9 cm³/mol. The predicted octanol–water partition coefficient (Wildman–Crippen LogP) is 2.42. The topological polar surface area (TPSA) is 52.6 Å². The zero-order valence-electron chi connectivity index (χ0n) is 10.4. The van der Waals surface area contributed by atoms with Crippen molar-refractivity contribution in [1.29, 1.82) is 0 Å². The van der Waals surface area contributed by atoms with Gasteiger partial charge in [-0.3, -0.25) is 4.79 Å². The van der Waals surface area contributed by atoms with Gasteiger partial charge in [0.2, 0.25) is 0 Å². The molecule has 1 aromatic rings. The summed E-state index contributed by atoms with van der Waals surface area (Å²) in [5, 5.41) is 0. The lowest BCUT2D eigenvalue weighted by Gasteiger charge is -2.17. The highest BCUT2D eigenvalue weighted by Crippen LogP contribution is 2.23. The molecule has 1 aromatic carbocycles. The smallest absolute Gasteiger partial charge is 0.341 e. The van der Waals surface area contributed by atoms with Crippen LogP contribution in [0, 0.1) is 5.41 Å². The van der Waals surface area contributed by atoms with Crippen molar-refractivity contribution in [3.8, 4) is 5.75 Å². The van der Waals surface area contributed by atoms with Gasteiger partial charge in [0.25, 0.3) is 0 Å². The van der Waals surface area contributed by atoms with Crippen LogP contribution in [0.5, 0.6) is 5.75 Å². The van der Waals surface area contributed by atoms with Crippen molar-refractivity contribution in [1.82, 2.24) is 0 Å². The number of hydrogen-bond acceptors (Lipinski definition) is 4. The Morgan fingerprint density at radius 3 is 2.24 bits per heavy atom. The van der Waals surface area contributed by atoms with E-state index in [0.29, 0.717) is 0 Å². The molecule has 0 bridgehead atoms. The van der Waals surface area contributed by atoms with Gasteiger partial charge in [-0.1, -0.05) is 12.1 Å². The van der Waals surface area contributed by atoms with Crippen molar-refractivity contribution in [2.24, 2.45) is 5.41 Å². The van der Waals surface area contributed by atoms with Gasteiger partial charge in [-0.25, -0.2) is 4.79 Å². The van der Waals surface area contributed by atoms with Crippen LogP contribution in [0.2, 0.25) is 0 Å². The number of hydrogen-bond donors (Lipinski definition) is 0. The van der Waals surface area contributed by atoms with Crippen LogP contribution >= 0.6 is 0 Å². The number of benzene rings is 1. The molecule has 0 aliphatic heterocycles. The van der Waals surface area contributed by atoms with Crippen molar-refractivity contribution < 1.29 is 19.1 Å². The Labute approximate surface area is 101 Å². The molecule has 0 aliphatic carbocycles. The van der Waals surface area contributed by atoms with Crippen molar-refractivity contribution in [2.75, 3.05) is 7.11 Å². The van der Waals surface area contributed by atoms with E-state index in [1.165, 1.54) is 7.11 Å². The SMILES string of the molecule is COC(=O)c1ccccc1OC(=O)C(C)(C)C. The monoisotopic (exact) mass is 236 g/mol. The number of ether oxygens (including phenoxy) is 2. The lowest BCUT2D eigenvalue weighted by atomic mass is 9.97. The Kier molecular flexibility index (Phi) is 3.89. The first-order chi connectivity index (χ1) is 7.86. The first-order valence-electron chi connectivity index (χ1n) is 5.26. The van der Waals surface area contributed by atoms with Crippen LogP contribution in [-0.4, -0.2) is 19.0 Å². The van der Waals surface area contributed by atoms with Crippen LogP contribution in [0.1, 0.15) is 31.1 Å².